The molecule has 0 bridgehead atoms. The average molecular weight is 113 g/mol. The molecule has 8 heavy (non-hydrogen) atoms. The summed E-state index contributed by atoms with van der Waals surface area (Å²) in [5.41, 5.74) is 5.50. The summed E-state index contributed by atoms with van der Waals surface area (Å²) >= 11 is 0. The molecule has 0 aromatic heterocycles. The lowest BCUT2D eigenvalue weighted by Gasteiger charge is -1.98. The minimum atomic E-state index is 0.353. The molecule has 48 valence electrons. The summed E-state index contributed by atoms with van der Waals surface area (Å²) in [5.74, 6) is 0. The van der Waals surface area contributed by atoms with Gasteiger partial charge in [0.1, 0.15) is 0 Å². The molecule has 0 aliphatic carbocycles. The second-order valence-corrected chi connectivity index (χ2v) is 2.12. The summed E-state index contributed by atoms with van der Waals surface area (Å²) in [5, 5.41) is 0. The van der Waals surface area contributed by atoms with Crippen molar-refractivity contribution in [2.45, 2.75) is 32.7 Å². The predicted molar refractivity (Wildman–Crippen MR) is 37.7 cm³/mol. The molecule has 0 fully saturated rings. The first kappa shape index (κ1) is 7.70. The van der Waals surface area contributed by atoms with Gasteiger partial charge in [0.25, 0.3) is 0 Å². The highest BCUT2D eigenvalue weighted by Crippen LogP contribution is 1.93. The first-order chi connectivity index (χ1) is 3.77. The first-order valence-electron chi connectivity index (χ1n) is 3.14. The van der Waals surface area contributed by atoms with Crippen molar-refractivity contribution in [1.82, 2.24) is 0 Å². The molecular weight excluding hydrogens is 98.1 g/mol. The third-order valence-corrected chi connectivity index (χ3v) is 1.02. The van der Waals surface area contributed by atoms with Crippen molar-refractivity contribution in [2.75, 3.05) is 0 Å². The zero-order chi connectivity index (χ0) is 6.41. The van der Waals surface area contributed by atoms with Crippen LogP contribution < -0.4 is 5.73 Å². The average Bonchev–Trinajstić information content (AvgIpc) is 1.66. The van der Waals surface area contributed by atoms with E-state index in [4.69, 9.17) is 5.73 Å². The molecule has 0 aromatic rings. The molecule has 0 aliphatic rings. The molecule has 1 unspecified atom stereocenters. The van der Waals surface area contributed by atoms with E-state index in [1.807, 2.05) is 13.8 Å². The topological polar surface area (TPSA) is 26.0 Å². The van der Waals surface area contributed by atoms with E-state index >= 15 is 0 Å². The largest absolute Gasteiger partial charge is 0.328 e. The Morgan fingerprint density at radius 2 is 2.25 bits per heavy atom. The zero-order valence-corrected chi connectivity index (χ0v) is 5.72. The summed E-state index contributed by atoms with van der Waals surface area (Å²) in [6, 6.07) is 0.353. The Hall–Kier alpha value is -0.300. The van der Waals surface area contributed by atoms with E-state index in [1.54, 1.807) is 0 Å². The molecule has 0 aliphatic heterocycles. The van der Waals surface area contributed by atoms with Crippen molar-refractivity contribution in [3.8, 4) is 0 Å². The van der Waals surface area contributed by atoms with Gasteiger partial charge in [-0.25, -0.2) is 0 Å². The van der Waals surface area contributed by atoms with E-state index in [1.165, 1.54) is 0 Å². The molecule has 0 rings (SSSR count). The second-order valence-electron chi connectivity index (χ2n) is 2.12. The zero-order valence-electron chi connectivity index (χ0n) is 5.72. The van der Waals surface area contributed by atoms with Gasteiger partial charge in [0, 0.05) is 6.04 Å². The quantitative estimate of drug-likeness (QED) is 0.554. The molecule has 0 heterocycles. The van der Waals surface area contributed by atoms with Crippen molar-refractivity contribution in [3.63, 3.8) is 0 Å². The van der Waals surface area contributed by atoms with Crippen molar-refractivity contribution in [3.05, 3.63) is 12.2 Å². The molecule has 0 saturated carbocycles. The fraction of sp³-hybridized carbons (Fsp3) is 0.714. The molecular formula is C7H15N. The normalized spacial score (nSPS) is 14.9. The molecule has 1 atom stereocenters. The third-order valence-electron chi connectivity index (χ3n) is 1.02. The molecule has 1 heteroatoms. The fourth-order valence-electron chi connectivity index (χ4n) is 0.526. The maximum absolute atomic E-state index is 5.50. The van der Waals surface area contributed by atoms with Crippen molar-refractivity contribution < 1.29 is 0 Å². The van der Waals surface area contributed by atoms with Crippen LogP contribution in [0.1, 0.15) is 26.7 Å². The van der Waals surface area contributed by atoms with E-state index in [-0.39, 0.29) is 0 Å². The predicted octanol–water partition coefficient (Wildman–Crippen LogP) is 1.69. The van der Waals surface area contributed by atoms with Crippen LogP contribution in [0.25, 0.3) is 0 Å². The highest BCUT2D eigenvalue weighted by atomic mass is 14.6. The minimum Gasteiger partial charge on any atom is -0.328 e. The van der Waals surface area contributed by atoms with Gasteiger partial charge < -0.3 is 5.73 Å². The standard InChI is InChI=1S/C7H15N/c1-3-4-5-6-7(2)8/h3-4,7H,5-6,8H2,1-2H3/b4-3+. The lowest BCUT2D eigenvalue weighted by molar-refractivity contribution is 0.676. The molecule has 1 nitrogen and oxygen atoms in total. The summed E-state index contributed by atoms with van der Waals surface area (Å²) in [6.45, 7) is 4.06. The number of rotatable bonds is 3. The van der Waals surface area contributed by atoms with E-state index in [0.29, 0.717) is 6.04 Å². The molecule has 0 radical (unpaired) electrons. The van der Waals surface area contributed by atoms with Crippen LogP contribution in [0, 0.1) is 0 Å². The Morgan fingerprint density at radius 3 is 2.62 bits per heavy atom. The third kappa shape index (κ3) is 5.70. The number of hydrogen-bond donors (Lipinski definition) is 1. The minimum absolute atomic E-state index is 0.353. The number of allylic oxidation sites excluding steroid dienone is 2. The van der Waals surface area contributed by atoms with Crippen LogP contribution in [-0.4, -0.2) is 6.04 Å². The van der Waals surface area contributed by atoms with Gasteiger partial charge in [-0.2, -0.15) is 0 Å². The van der Waals surface area contributed by atoms with E-state index in [9.17, 15) is 0 Å². The summed E-state index contributed by atoms with van der Waals surface area (Å²) < 4.78 is 0. The molecule has 0 aromatic carbocycles. The highest BCUT2D eigenvalue weighted by Gasteiger charge is 1.87. The van der Waals surface area contributed by atoms with Gasteiger partial charge in [-0.15, -0.1) is 0 Å². The van der Waals surface area contributed by atoms with E-state index < -0.39 is 0 Å². The Morgan fingerprint density at radius 1 is 1.62 bits per heavy atom. The first-order valence-corrected chi connectivity index (χ1v) is 3.14. The lowest BCUT2D eigenvalue weighted by atomic mass is 10.2. The Kier molecular flexibility index (Phi) is 4.67. The lowest BCUT2D eigenvalue weighted by Crippen LogP contribution is -2.13. The van der Waals surface area contributed by atoms with Crippen LogP contribution in [0.2, 0.25) is 0 Å². The van der Waals surface area contributed by atoms with Gasteiger partial charge in [-0.05, 0) is 26.7 Å². The van der Waals surface area contributed by atoms with Crippen LogP contribution in [0.5, 0.6) is 0 Å². The van der Waals surface area contributed by atoms with Gasteiger partial charge in [-0.1, -0.05) is 12.2 Å². The Labute approximate surface area is 51.6 Å². The van der Waals surface area contributed by atoms with Crippen molar-refractivity contribution >= 4 is 0 Å². The Balaban J connectivity index is 2.93. The number of nitrogens with two attached hydrogens (primary N) is 1. The van der Waals surface area contributed by atoms with Crippen molar-refractivity contribution in [2.24, 2.45) is 5.73 Å². The van der Waals surface area contributed by atoms with Crippen LogP contribution in [0.15, 0.2) is 12.2 Å². The van der Waals surface area contributed by atoms with E-state index in [2.05, 4.69) is 12.2 Å². The van der Waals surface area contributed by atoms with E-state index in [0.717, 1.165) is 12.8 Å². The smallest absolute Gasteiger partial charge is 0.00134 e. The molecule has 0 spiro atoms. The van der Waals surface area contributed by atoms with Crippen LogP contribution in [-0.2, 0) is 0 Å². The Bertz CT molecular complexity index is 64.8. The molecule has 2 N–H and O–H groups in total. The second kappa shape index (κ2) is 4.85. The summed E-state index contributed by atoms with van der Waals surface area (Å²) in [7, 11) is 0. The van der Waals surface area contributed by atoms with Crippen molar-refractivity contribution in [1.29, 1.82) is 0 Å². The van der Waals surface area contributed by atoms with Crippen LogP contribution >= 0.6 is 0 Å². The van der Waals surface area contributed by atoms with Gasteiger partial charge in [0.05, 0.1) is 0 Å². The van der Waals surface area contributed by atoms with Gasteiger partial charge in [-0.3, -0.25) is 0 Å². The number of hydrogen-bond acceptors (Lipinski definition) is 1. The van der Waals surface area contributed by atoms with Gasteiger partial charge in [0.2, 0.25) is 0 Å². The monoisotopic (exact) mass is 113 g/mol. The molecule has 0 saturated heterocycles. The SMILES string of the molecule is C/C=C/CCC(C)N. The summed E-state index contributed by atoms with van der Waals surface area (Å²) in [4.78, 5) is 0. The van der Waals surface area contributed by atoms with Gasteiger partial charge >= 0.3 is 0 Å². The van der Waals surface area contributed by atoms with Gasteiger partial charge in [0.15, 0.2) is 0 Å². The van der Waals surface area contributed by atoms with Crippen LogP contribution in [0.3, 0.4) is 0 Å². The highest BCUT2D eigenvalue weighted by molar-refractivity contribution is 4.77. The maximum Gasteiger partial charge on any atom is 0.00134 e. The summed E-state index contributed by atoms with van der Waals surface area (Å²) in [6.07, 6.45) is 6.42. The molecule has 0 amide bonds. The fourth-order valence-corrected chi connectivity index (χ4v) is 0.526. The maximum atomic E-state index is 5.50. The van der Waals surface area contributed by atoms with Crippen LogP contribution in [0.4, 0.5) is 0 Å².